The summed E-state index contributed by atoms with van der Waals surface area (Å²) in [6, 6.07) is 9.00. The molecule has 1 aromatic heterocycles. The van der Waals surface area contributed by atoms with Crippen LogP contribution in [0.5, 0.6) is 5.75 Å². The third-order valence-corrected chi connectivity index (χ3v) is 4.70. The van der Waals surface area contributed by atoms with Crippen molar-refractivity contribution < 1.29 is 14.3 Å². The number of hydrogen-bond acceptors (Lipinski definition) is 5. The van der Waals surface area contributed by atoms with Gasteiger partial charge in [0.05, 0.1) is 23.9 Å². The molecule has 0 spiro atoms. The van der Waals surface area contributed by atoms with Crippen molar-refractivity contribution in [2.75, 3.05) is 20.3 Å². The SMILES string of the molecule is CCOC(=O)c1cccc(-c2cc(OCC3(NC)CC3)cnc2Cl)c1.Cl.Cl. The highest BCUT2D eigenvalue weighted by molar-refractivity contribution is 6.32. The van der Waals surface area contributed by atoms with Crippen LogP contribution in [-0.4, -0.2) is 36.8 Å². The molecule has 0 radical (unpaired) electrons. The van der Waals surface area contributed by atoms with Gasteiger partial charge in [-0.1, -0.05) is 23.7 Å². The molecular weight excluding hydrogens is 411 g/mol. The van der Waals surface area contributed by atoms with Crippen molar-refractivity contribution in [2.45, 2.75) is 25.3 Å². The van der Waals surface area contributed by atoms with Crippen LogP contribution in [0.2, 0.25) is 5.15 Å². The lowest BCUT2D eigenvalue weighted by Crippen LogP contribution is -2.33. The molecule has 1 aliphatic carbocycles. The molecule has 3 rings (SSSR count). The highest BCUT2D eigenvalue weighted by atomic mass is 35.5. The molecule has 1 N–H and O–H groups in total. The predicted molar refractivity (Wildman–Crippen MR) is 112 cm³/mol. The van der Waals surface area contributed by atoms with Gasteiger partial charge in [-0.15, -0.1) is 24.8 Å². The largest absolute Gasteiger partial charge is 0.490 e. The third-order valence-electron chi connectivity index (χ3n) is 4.40. The summed E-state index contributed by atoms with van der Waals surface area (Å²) in [5.41, 5.74) is 2.08. The molecule has 1 saturated carbocycles. The first-order valence-electron chi connectivity index (χ1n) is 8.32. The van der Waals surface area contributed by atoms with E-state index < -0.39 is 0 Å². The number of esters is 1. The predicted octanol–water partition coefficient (Wildman–Crippen LogP) is 4.55. The Morgan fingerprint density at radius 2 is 2.04 bits per heavy atom. The number of pyridine rings is 1. The smallest absolute Gasteiger partial charge is 0.338 e. The Balaban J connectivity index is 0.00000182. The second kappa shape index (κ2) is 10.1. The number of nitrogens with zero attached hydrogens (tertiary/aromatic N) is 1. The van der Waals surface area contributed by atoms with Crippen LogP contribution in [-0.2, 0) is 4.74 Å². The van der Waals surface area contributed by atoms with Crippen LogP contribution < -0.4 is 10.1 Å². The first kappa shape index (κ1) is 23.5. The molecule has 1 heterocycles. The lowest BCUT2D eigenvalue weighted by molar-refractivity contribution is 0.0526. The monoisotopic (exact) mass is 432 g/mol. The molecule has 27 heavy (non-hydrogen) atoms. The zero-order valence-corrected chi connectivity index (χ0v) is 17.5. The Morgan fingerprint density at radius 1 is 1.30 bits per heavy atom. The average Bonchev–Trinajstić information content (AvgIpc) is 3.42. The van der Waals surface area contributed by atoms with E-state index in [2.05, 4.69) is 10.3 Å². The van der Waals surface area contributed by atoms with E-state index >= 15 is 0 Å². The molecule has 1 aliphatic rings. The van der Waals surface area contributed by atoms with E-state index in [1.54, 1.807) is 31.3 Å². The lowest BCUT2D eigenvalue weighted by Gasteiger charge is -2.16. The quantitative estimate of drug-likeness (QED) is 0.512. The van der Waals surface area contributed by atoms with Gasteiger partial charge < -0.3 is 14.8 Å². The van der Waals surface area contributed by atoms with E-state index in [1.165, 1.54) is 0 Å². The number of ether oxygens (including phenoxy) is 2. The zero-order valence-electron chi connectivity index (χ0n) is 15.2. The van der Waals surface area contributed by atoms with Crippen molar-refractivity contribution in [2.24, 2.45) is 0 Å². The van der Waals surface area contributed by atoms with E-state index in [9.17, 15) is 4.79 Å². The molecule has 0 unspecified atom stereocenters. The fourth-order valence-corrected chi connectivity index (χ4v) is 2.79. The van der Waals surface area contributed by atoms with Crippen molar-refractivity contribution in [1.82, 2.24) is 10.3 Å². The van der Waals surface area contributed by atoms with E-state index in [1.807, 2.05) is 19.2 Å². The van der Waals surface area contributed by atoms with Gasteiger partial charge in [0.1, 0.15) is 17.5 Å². The first-order valence-corrected chi connectivity index (χ1v) is 8.69. The second-order valence-electron chi connectivity index (χ2n) is 6.13. The van der Waals surface area contributed by atoms with Crippen LogP contribution in [0.15, 0.2) is 36.5 Å². The van der Waals surface area contributed by atoms with E-state index in [-0.39, 0.29) is 36.3 Å². The molecule has 0 saturated heterocycles. The molecule has 0 amide bonds. The Morgan fingerprint density at radius 3 is 2.67 bits per heavy atom. The average molecular weight is 434 g/mol. The number of likely N-dealkylation sites (N-methyl/N-ethyl adjacent to an activating group) is 1. The number of halogens is 3. The summed E-state index contributed by atoms with van der Waals surface area (Å²) in [6.45, 7) is 2.71. The Kier molecular flexibility index (Phi) is 8.82. The number of nitrogens with one attached hydrogen (secondary N) is 1. The zero-order chi connectivity index (χ0) is 17.9. The van der Waals surface area contributed by atoms with Crippen molar-refractivity contribution in [1.29, 1.82) is 0 Å². The maximum Gasteiger partial charge on any atom is 0.338 e. The number of carbonyl (C=O) groups excluding carboxylic acids is 1. The van der Waals surface area contributed by atoms with Crippen LogP contribution >= 0.6 is 36.4 Å². The summed E-state index contributed by atoms with van der Waals surface area (Å²) in [6.07, 6.45) is 3.84. The van der Waals surface area contributed by atoms with Crippen LogP contribution in [0, 0.1) is 0 Å². The Bertz CT molecular complexity index is 783. The summed E-state index contributed by atoms with van der Waals surface area (Å²) in [5, 5.41) is 3.65. The maximum atomic E-state index is 11.9. The van der Waals surface area contributed by atoms with Crippen molar-refractivity contribution >= 4 is 42.4 Å². The lowest BCUT2D eigenvalue weighted by atomic mass is 10.0. The van der Waals surface area contributed by atoms with Crippen LogP contribution in [0.1, 0.15) is 30.1 Å². The standard InChI is InChI=1S/C19H21ClN2O3.2ClH/c1-3-24-18(23)14-6-4-5-13(9-14)16-10-15(11-22-17(16)20)25-12-19(21-2)7-8-19;;/h4-6,9-11,21H,3,7-8,12H2,1-2H3;2*1H. The number of aromatic nitrogens is 1. The minimum absolute atomic E-state index is 0. The van der Waals surface area contributed by atoms with Gasteiger partial charge in [0.15, 0.2) is 0 Å². The normalized spacial score (nSPS) is 13.7. The molecule has 2 aromatic rings. The van der Waals surface area contributed by atoms with Gasteiger partial charge in [0.25, 0.3) is 0 Å². The number of benzene rings is 1. The molecule has 1 aromatic carbocycles. The second-order valence-corrected chi connectivity index (χ2v) is 6.49. The summed E-state index contributed by atoms with van der Waals surface area (Å²) < 4.78 is 10.9. The summed E-state index contributed by atoms with van der Waals surface area (Å²) in [7, 11) is 1.95. The highest BCUT2D eigenvalue weighted by Gasteiger charge is 2.41. The molecule has 8 heteroatoms. The van der Waals surface area contributed by atoms with Gasteiger partial charge in [0, 0.05) is 5.56 Å². The number of hydrogen-bond donors (Lipinski definition) is 1. The van der Waals surface area contributed by atoms with Gasteiger partial charge in [-0.05, 0) is 50.6 Å². The third kappa shape index (κ3) is 5.72. The van der Waals surface area contributed by atoms with Gasteiger partial charge in [-0.25, -0.2) is 9.78 Å². The summed E-state index contributed by atoms with van der Waals surface area (Å²) in [4.78, 5) is 16.1. The minimum Gasteiger partial charge on any atom is -0.490 e. The summed E-state index contributed by atoms with van der Waals surface area (Å²) >= 11 is 6.26. The fraction of sp³-hybridized carbons (Fsp3) is 0.368. The number of carbonyl (C=O) groups is 1. The highest BCUT2D eigenvalue weighted by Crippen LogP contribution is 2.36. The van der Waals surface area contributed by atoms with Crippen molar-refractivity contribution in [3.05, 3.63) is 47.2 Å². The van der Waals surface area contributed by atoms with Gasteiger partial charge in [0.2, 0.25) is 0 Å². The van der Waals surface area contributed by atoms with Crippen LogP contribution in [0.3, 0.4) is 0 Å². The summed E-state index contributed by atoms with van der Waals surface area (Å²) in [5.74, 6) is 0.299. The van der Waals surface area contributed by atoms with Crippen molar-refractivity contribution in [3.8, 4) is 16.9 Å². The molecular formula is C19H23Cl3N2O3. The maximum absolute atomic E-state index is 11.9. The molecule has 5 nitrogen and oxygen atoms in total. The van der Waals surface area contributed by atoms with Crippen molar-refractivity contribution in [3.63, 3.8) is 0 Å². The first-order chi connectivity index (χ1) is 12.1. The van der Waals surface area contributed by atoms with Gasteiger partial charge >= 0.3 is 5.97 Å². The van der Waals surface area contributed by atoms with Crippen LogP contribution in [0.25, 0.3) is 11.1 Å². The number of rotatable bonds is 7. The fourth-order valence-electron chi connectivity index (χ4n) is 2.58. The van der Waals surface area contributed by atoms with Crippen LogP contribution in [0.4, 0.5) is 0 Å². The van der Waals surface area contributed by atoms with E-state index in [4.69, 9.17) is 21.1 Å². The molecule has 148 valence electrons. The minimum atomic E-state index is -0.356. The van der Waals surface area contributed by atoms with E-state index in [0.29, 0.717) is 29.7 Å². The molecule has 0 atom stereocenters. The van der Waals surface area contributed by atoms with Gasteiger partial charge in [-0.2, -0.15) is 0 Å². The topological polar surface area (TPSA) is 60.5 Å². The Hall–Kier alpha value is -1.53. The molecule has 0 aliphatic heterocycles. The molecule has 0 bridgehead atoms. The Labute approximate surface area is 176 Å². The molecule has 1 fully saturated rings. The van der Waals surface area contributed by atoms with Gasteiger partial charge in [-0.3, -0.25) is 0 Å². The van der Waals surface area contributed by atoms with E-state index in [0.717, 1.165) is 24.0 Å².